The summed E-state index contributed by atoms with van der Waals surface area (Å²) in [6.45, 7) is 1.81. The molecular formula is C8H11N3O4S. The summed E-state index contributed by atoms with van der Waals surface area (Å²) in [5.74, 6) is -1.46. The topological polar surface area (TPSA) is 108 Å². The highest BCUT2D eigenvalue weighted by Gasteiger charge is 2.15. The van der Waals surface area contributed by atoms with Crippen LogP contribution in [-0.4, -0.2) is 31.0 Å². The highest BCUT2D eigenvalue weighted by molar-refractivity contribution is 7.90. The van der Waals surface area contributed by atoms with Gasteiger partial charge < -0.3 is 5.11 Å². The molecule has 0 spiro atoms. The van der Waals surface area contributed by atoms with Crippen molar-refractivity contribution < 1.29 is 18.3 Å². The lowest BCUT2D eigenvalue weighted by molar-refractivity contribution is 0.0697. The molecule has 1 aromatic heterocycles. The van der Waals surface area contributed by atoms with Gasteiger partial charge >= 0.3 is 5.97 Å². The van der Waals surface area contributed by atoms with Crippen LogP contribution < -0.4 is 9.44 Å². The van der Waals surface area contributed by atoms with Crippen LogP contribution in [0.25, 0.3) is 0 Å². The van der Waals surface area contributed by atoms with E-state index >= 15 is 0 Å². The van der Waals surface area contributed by atoms with Gasteiger partial charge in [-0.3, -0.25) is 4.72 Å². The molecule has 0 bridgehead atoms. The Hall–Kier alpha value is -1.67. The SMILES string of the molecule is CCNS(=O)(=O)Nc1ncccc1C(=O)O. The van der Waals surface area contributed by atoms with E-state index in [0.717, 1.165) is 0 Å². The van der Waals surface area contributed by atoms with Crippen molar-refractivity contribution in [2.45, 2.75) is 6.92 Å². The molecule has 0 saturated carbocycles. The van der Waals surface area contributed by atoms with Gasteiger partial charge in [0.15, 0.2) is 5.82 Å². The van der Waals surface area contributed by atoms with Crippen molar-refractivity contribution in [2.75, 3.05) is 11.3 Å². The largest absolute Gasteiger partial charge is 0.478 e. The molecule has 3 N–H and O–H groups in total. The maximum Gasteiger partial charge on any atom is 0.339 e. The van der Waals surface area contributed by atoms with Crippen molar-refractivity contribution in [1.29, 1.82) is 0 Å². The van der Waals surface area contributed by atoms with Crippen LogP contribution in [0.1, 0.15) is 17.3 Å². The number of nitrogens with one attached hydrogen (secondary N) is 2. The highest BCUT2D eigenvalue weighted by atomic mass is 32.2. The fourth-order valence-electron chi connectivity index (χ4n) is 1.01. The van der Waals surface area contributed by atoms with Gasteiger partial charge in [-0.25, -0.2) is 9.78 Å². The van der Waals surface area contributed by atoms with Crippen LogP contribution in [0.2, 0.25) is 0 Å². The quantitative estimate of drug-likeness (QED) is 0.679. The van der Waals surface area contributed by atoms with Crippen LogP contribution >= 0.6 is 0 Å². The predicted molar refractivity (Wildman–Crippen MR) is 57.4 cm³/mol. The lowest BCUT2D eigenvalue weighted by Gasteiger charge is -2.08. The van der Waals surface area contributed by atoms with E-state index in [-0.39, 0.29) is 17.9 Å². The summed E-state index contributed by atoms with van der Waals surface area (Å²) < 4.78 is 26.8. The molecule has 0 unspecified atom stereocenters. The Kier molecular flexibility index (Phi) is 3.80. The first-order valence-electron chi connectivity index (χ1n) is 4.42. The van der Waals surface area contributed by atoms with E-state index in [0.29, 0.717) is 0 Å². The maximum atomic E-state index is 11.3. The second kappa shape index (κ2) is 4.90. The van der Waals surface area contributed by atoms with Gasteiger partial charge in [-0.15, -0.1) is 0 Å². The summed E-state index contributed by atoms with van der Waals surface area (Å²) in [6.07, 6.45) is 1.30. The Morgan fingerprint density at radius 2 is 2.25 bits per heavy atom. The minimum atomic E-state index is -3.77. The summed E-state index contributed by atoms with van der Waals surface area (Å²) in [6, 6.07) is 2.67. The number of rotatable bonds is 5. The van der Waals surface area contributed by atoms with Crippen molar-refractivity contribution in [2.24, 2.45) is 0 Å². The van der Waals surface area contributed by atoms with Gasteiger partial charge in [0.1, 0.15) is 5.56 Å². The molecule has 0 aliphatic heterocycles. The van der Waals surface area contributed by atoms with E-state index in [1.165, 1.54) is 18.3 Å². The first-order chi connectivity index (χ1) is 7.46. The van der Waals surface area contributed by atoms with Gasteiger partial charge in [0.25, 0.3) is 10.2 Å². The number of nitrogens with zero attached hydrogens (tertiary/aromatic N) is 1. The van der Waals surface area contributed by atoms with Gasteiger partial charge in [-0.05, 0) is 12.1 Å². The van der Waals surface area contributed by atoms with E-state index in [1.807, 2.05) is 4.72 Å². The third-order valence-electron chi connectivity index (χ3n) is 1.60. The van der Waals surface area contributed by atoms with E-state index in [4.69, 9.17) is 5.11 Å². The predicted octanol–water partition coefficient (Wildman–Crippen LogP) is 0.0460. The fourth-order valence-corrected chi connectivity index (χ4v) is 1.88. The standard InChI is InChI=1S/C8H11N3O4S/c1-2-10-16(14,15)11-7-6(8(12)13)4-3-5-9-7/h3-5,10H,2H2,1H3,(H,9,11)(H,12,13). The number of pyridine rings is 1. The van der Waals surface area contributed by atoms with Gasteiger partial charge in [-0.2, -0.15) is 13.1 Å². The second-order valence-corrected chi connectivity index (χ2v) is 4.31. The summed E-state index contributed by atoms with van der Waals surface area (Å²) in [7, 11) is -3.77. The molecule has 7 nitrogen and oxygen atoms in total. The Morgan fingerprint density at radius 3 is 2.81 bits per heavy atom. The molecule has 88 valence electrons. The third-order valence-corrected chi connectivity index (χ3v) is 2.73. The first kappa shape index (κ1) is 12.4. The third kappa shape index (κ3) is 3.17. The zero-order chi connectivity index (χ0) is 12.2. The molecule has 0 aromatic carbocycles. The van der Waals surface area contributed by atoms with E-state index in [1.54, 1.807) is 6.92 Å². The number of carboxylic acids is 1. The minimum absolute atomic E-state index is 0.199. The van der Waals surface area contributed by atoms with Gasteiger partial charge in [0.05, 0.1) is 0 Å². The fraction of sp³-hybridized carbons (Fsp3) is 0.250. The lowest BCUT2D eigenvalue weighted by atomic mass is 10.3. The molecule has 0 fully saturated rings. The van der Waals surface area contributed by atoms with E-state index in [9.17, 15) is 13.2 Å². The maximum absolute atomic E-state index is 11.3. The number of aromatic nitrogens is 1. The Labute approximate surface area is 92.7 Å². The number of hydrogen-bond acceptors (Lipinski definition) is 4. The Balaban J connectivity index is 3.02. The van der Waals surface area contributed by atoms with Crippen molar-refractivity contribution in [3.8, 4) is 0 Å². The van der Waals surface area contributed by atoms with Crippen molar-refractivity contribution >= 4 is 22.0 Å². The molecule has 0 aliphatic rings. The van der Waals surface area contributed by atoms with Crippen LogP contribution in [-0.2, 0) is 10.2 Å². The lowest BCUT2D eigenvalue weighted by Crippen LogP contribution is -2.30. The van der Waals surface area contributed by atoms with Crippen molar-refractivity contribution in [3.05, 3.63) is 23.9 Å². The molecular weight excluding hydrogens is 234 g/mol. The molecule has 0 aliphatic carbocycles. The number of anilines is 1. The Morgan fingerprint density at radius 1 is 1.56 bits per heavy atom. The average Bonchev–Trinajstić information content (AvgIpc) is 2.17. The van der Waals surface area contributed by atoms with Gasteiger partial charge in [-0.1, -0.05) is 6.92 Å². The van der Waals surface area contributed by atoms with E-state index in [2.05, 4.69) is 9.71 Å². The monoisotopic (exact) mass is 245 g/mol. The molecule has 0 saturated heterocycles. The zero-order valence-electron chi connectivity index (χ0n) is 8.47. The molecule has 0 atom stereocenters. The van der Waals surface area contributed by atoms with Crippen molar-refractivity contribution in [3.63, 3.8) is 0 Å². The zero-order valence-corrected chi connectivity index (χ0v) is 9.28. The van der Waals surface area contributed by atoms with Crippen LogP contribution in [0.4, 0.5) is 5.82 Å². The first-order valence-corrected chi connectivity index (χ1v) is 5.90. The smallest absolute Gasteiger partial charge is 0.339 e. The van der Waals surface area contributed by atoms with E-state index < -0.39 is 16.2 Å². The molecule has 0 radical (unpaired) electrons. The number of hydrogen-bond donors (Lipinski definition) is 3. The second-order valence-electron chi connectivity index (χ2n) is 2.81. The van der Waals surface area contributed by atoms with Crippen LogP contribution in [0.5, 0.6) is 0 Å². The number of carbonyl (C=O) groups is 1. The molecule has 0 amide bonds. The summed E-state index contributed by atoms with van der Waals surface area (Å²) >= 11 is 0. The van der Waals surface area contributed by atoms with Crippen LogP contribution in [0, 0.1) is 0 Å². The number of aromatic carboxylic acids is 1. The number of carboxylic acid groups (broad SMARTS) is 1. The molecule has 16 heavy (non-hydrogen) atoms. The summed E-state index contributed by atoms with van der Waals surface area (Å²) in [4.78, 5) is 14.4. The normalized spacial score (nSPS) is 11.1. The summed E-state index contributed by atoms with van der Waals surface area (Å²) in [5.41, 5.74) is -0.205. The van der Waals surface area contributed by atoms with Crippen molar-refractivity contribution in [1.82, 2.24) is 9.71 Å². The van der Waals surface area contributed by atoms with Crippen LogP contribution in [0.3, 0.4) is 0 Å². The Bertz CT molecular complexity index is 486. The van der Waals surface area contributed by atoms with Gasteiger partial charge in [0, 0.05) is 12.7 Å². The summed E-state index contributed by atoms with van der Waals surface area (Å²) in [5, 5.41) is 8.80. The molecule has 1 rings (SSSR count). The highest BCUT2D eigenvalue weighted by Crippen LogP contribution is 2.12. The van der Waals surface area contributed by atoms with Gasteiger partial charge in [0.2, 0.25) is 0 Å². The average molecular weight is 245 g/mol. The molecule has 1 heterocycles. The van der Waals surface area contributed by atoms with Crippen LogP contribution in [0.15, 0.2) is 18.3 Å². The molecule has 1 aromatic rings. The minimum Gasteiger partial charge on any atom is -0.478 e. The molecule has 8 heteroatoms.